The van der Waals surface area contributed by atoms with Crippen molar-refractivity contribution in [2.24, 2.45) is 0 Å². The molecule has 0 atom stereocenters. The fraction of sp³-hybridized carbons (Fsp3) is 0.556. The molecule has 0 aromatic rings. The van der Waals surface area contributed by atoms with E-state index in [0.717, 1.165) is 6.42 Å². The second-order valence-corrected chi connectivity index (χ2v) is 2.67. The Bertz CT molecular complexity index is 167. The zero-order chi connectivity index (χ0) is 7.40. The van der Waals surface area contributed by atoms with Gasteiger partial charge in [-0.15, -0.1) is 6.42 Å². The van der Waals surface area contributed by atoms with E-state index in [0.29, 0.717) is 12.7 Å². The van der Waals surface area contributed by atoms with Gasteiger partial charge < -0.3 is 29.6 Å². The third-order valence-corrected chi connectivity index (χ3v) is 1.34. The van der Waals surface area contributed by atoms with E-state index >= 15 is 0 Å². The molecule has 1 nitrogen and oxygen atoms in total. The van der Waals surface area contributed by atoms with Crippen LogP contribution in [0.5, 0.6) is 0 Å². The molecular weight excluding hydrogens is 243 g/mol. The van der Waals surface area contributed by atoms with Crippen molar-refractivity contribution in [3.8, 4) is 0 Å². The summed E-state index contributed by atoms with van der Waals surface area (Å²) in [6.07, 6.45) is 8.64. The van der Waals surface area contributed by atoms with Gasteiger partial charge >= 0.3 is 21.7 Å². The van der Waals surface area contributed by atoms with Crippen LogP contribution in [0.25, 0.3) is 0 Å². The zero-order valence-corrected chi connectivity index (χ0v) is 10.9. The number of allylic oxidation sites excluding steroid dienone is 2. The largest absolute Gasteiger partial charge is 3.00 e. The molecule has 0 spiro atoms. The third kappa shape index (κ3) is 9.05. The van der Waals surface area contributed by atoms with Crippen LogP contribution in [-0.4, -0.2) is 12.7 Å². The van der Waals surface area contributed by atoms with E-state index < -0.39 is 0 Å². The first-order valence-corrected chi connectivity index (χ1v) is 3.67. The molecule has 0 aromatic carbocycles. The van der Waals surface area contributed by atoms with E-state index in [1.54, 1.807) is 0 Å². The second-order valence-electron chi connectivity index (χ2n) is 2.67. The first kappa shape index (κ1) is 19.3. The van der Waals surface area contributed by atoms with Crippen LogP contribution >= 0.6 is 0 Å². The Balaban J connectivity index is -0.000000333. The third-order valence-electron chi connectivity index (χ3n) is 1.34. The van der Waals surface area contributed by atoms with Crippen molar-refractivity contribution in [1.82, 2.24) is 0 Å². The maximum atomic E-state index is 5.37. The first-order chi connectivity index (χ1) is 4.79. The molecule has 0 aromatic heterocycles. The summed E-state index contributed by atoms with van der Waals surface area (Å²) in [4.78, 5) is 0. The van der Waals surface area contributed by atoms with Gasteiger partial charge in [0.2, 0.25) is 0 Å². The minimum absolute atomic E-state index is 0. The summed E-state index contributed by atoms with van der Waals surface area (Å²) in [6.45, 7) is 4.80. The molecule has 73 valence electrons. The number of rotatable bonds is 3. The summed E-state index contributed by atoms with van der Waals surface area (Å²) in [5.74, 6) is 0. The second kappa shape index (κ2) is 10.8. The fourth-order valence-electron chi connectivity index (χ4n) is 0.806. The van der Waals surface area contributed by atoms with Gasteiger partial charge in [0.1, 0.15) is 0 Å². The molecule has 1 aliphatic rings. The Labute approximate surface area is 108 Å². The van der Waals surface area contributed by atoms with Crippen molar-refractivity contribution in [1.29, 1.82) is 0 Å². The Morgan fingerprint density at radius 3 is 2.46 bits per heavy atom. The average Bonchev–Trinajstić information content (AvgIpc) is 2.34. The molecular formula is C9H13Cl2OTi. The maximum absolute atomic E-state index is 5.37. The molecule has 0 aliphatic heterocycles. The van der Waals surface area contributed by atoms with Gasteiger partial charge in [-0.25, -0.2) is 6.08 Å². The van der Waals surface area contributed by atoms with E-state index in [1.165, 1.54) is 5.57 Å². The smallest absolute Gasteiger partial charge is 1.00 e. The predicted molar refractivity (Wildman–Crippen MR) is 41.6 cm³/mol. The number of hydrogen-bond acceptors (Lipinski definition) is 1. The number of halogens is 2. The van der Waals surface area contributed by atoms with Crippen LogP contribution in [-0.2, 0) is 26.5 Å². The number of ether oxygens (including phenoxy) is 1. The molecule has 0 bridgehead atoms. The quantitative estimate of drug-likeness (QED) is 0.370. The minimum Gasteiger partial charge on any atom is -1.00 e. The summed E-state index contributed by atoms with van der Waals surface area (Å²) in [7, 11) is 0. The molecule has 0 saturated carbocycles. The molecule has 0 amide bonds. The Morgan fingerprint density at radius 1 is 1.46 bits per heavy atom. The van der Waals surface area contributed by atoms with Crippen molar-refractivity contribution in [3.05, 3.63) is 23.8 Å². The van der Waals surface area contributed by atoms with Crippen LogP contribution in [0, 0.1) is 6.08 Å². The maximum Gasteiger partial charge on any atom is 3.00 e. The predicted octanol–water partition coefficient (Wildman–Crippen LogP) is -3.89. The summed E-state index contributed by atoms with van der Waals surface area (Å²) in [5.41, 5.74) is 1.19. The standard InChI is InChI=1S/C9H13O.2ClH.Ti/c1-8(2)10-7-9-5-3-4-6-9;;;/h3,5,8H,4,7H2,1-2H3;2*1H;/q-1;;;+3/p-2. The van der Waals surface area contributed by atoms with Crippen molar-refractivity contribution >= 4 is 0 Å². The number of hydrogen-bond donors (Lipinski definition) is 0. The van der Waals surface area contributed by atoms with Crippen molar-refractivity contribution in [3.63, 3.8) is 0 Å². The molecule has 0 saturated heterocycles. The van der Waals surface area contributed by atoms with Gasteiger partial charge in [0.15, 0.2) is 0 Å². The van der Waals surface area contributed by atoms with E-state index in [1.807, 2.05) is 13.8 Å². The van der Waals surface area contributed by atoms with E-state index in [9.17, 15) is 0 Å². The normalized spacial score (nSPS) is 12.7. The van der Waals surface area contributed by atoms with E-state index in [-0.39, 0.29) is 46.5 Å². The topological polar surface area (TPSA) is 9.23 Å². The molecule has 4 heteroatoms. The van der Waals surface area contributed by atoms with Crippen LogP contribution in [0.2, 0.25) is 0 Å². The average molecular weight is 256 g/mol. The summed E-state index contributed by atoms with van der Waals surface area (Å²) in [5, 5.41) is 0. The van der Waals surface area contributed by atoms with Crippen LogP contribution in [0.15, 0.2) is 17.7 Å². The van der Waals surface area contributed by atoms with Gasteiger partial charge in [0.25, 0.3) is 0 Å². The molecule has 0 unspecified atom stereocenters. The molecule has 0 N–H and O–H groups in total. The first-order valence-electron chi connectivity index (χ1n) is 3.67. The molecule has 1 radical (unpaired) electrons. The van der Waals surface area contributed by atoms with Gasteiger partial charge in [0, 0.05) is 6.61 Å². The molecule has 13 heavy (non-hydrogen) atoms. The van der Waals surface area contributed by atoms with Crippen molar-refractivity contribution < 1.29 is 51.3 Å². The Morgan fingerprint density at radius 2 is 2.08 bits per heavy atom. The van der Waals surface area contributed by atoms with Crippen LogP contribution in [0.4, 0.5) is 0 Å². The molecule has 1 rings (SSSR count). The molecule has 0 fully saturated rings. The van der Waals surface area contributed by atoms with Gasteiger partial charge in [-0.05, 0) is 13.8 Å². The van der Waals surface area contributed by atoms with E-state index in [2.05, 4.69) is 18.2 Å². The Hall–Kier alpha value is 0.734. The minimum atomic E-state index is 0. The van der Waals surface area contributed by atoms with Gasteiger partial charge in [-0.2, -0.15) is 11.6 Å². The fourth-order valence-corrected chi connectivity index (χ4v) is 0.806. The van der Waals surface area contributed by atoms with Crippen molar-refractivity contribution in [2.75, 3.05) is 6.61 Å². The Kier molecular flexibility index (Phi) is 16.1. The summed E-state index contributed by atoms with van der Waals surface area (Å²) < 4.78 is 5.37. The van der Waals surface area contributed by atoms with Crippen molar-refractivity contribution in [2.45, 2.75) is 26.4 Å². The van der Waals surface area contributed by atoms with Crippen LogP contribution < -0.4 is 24.8 Å². The molecule has 0 heterocycles. The zero-order valence-electron chi connectivity index (χ0n) is 7.81. The summed E-state index contributed by atoms with van der Waals surface area (Å²) >= 11 is 0. The van der Waals surface area contributed by atoms with Gasteiger partial charge in [0.05, 0.1) is 6.10 Å². The van der Waals surface area contributed by atoms with Crippen LogP contribution in [0.3, 0.4) is 0 Å². The van der Waals surface area contributed by atoms with Gasteiger partial charge in [-0.1, -0.05) is 0 Å². The van der Waals surface area contributed by atoms with Gasteiger partial charge in [-0.3, -0.25) is 6.08 Å². The van der Waals surface area contributed by atoms with Crippen LogP contribution in [0.1, 0.15) is 20.3 Å². The molecule has 1 aliphatic carbocycles. The summed E-state index contributed by atoms with van der Waals surface area (Å²) in [6, 6.07) is 0. The SMILES string of the molecule is CC(C)OCC1=[C-]CC=C1.[Cl-].[Cl-].[Ti+3]. The monoisotopic (exact) mass is 255 g/mol. The van der Waals surface area contributed by atoms with E-state index in [4.69, 9.17) is 4.74 Å².